The molecule has 0 aliphatic heterocycles. The van der Waals surface area contributed by atoms with Gasteiger partial charge in [0.1, 0.15) is 17.1 Å². The Labute approximate surface area is 181 Å². The summed E-state index contributed by atoms with van der Waals surface area (Å²) < 4.78 is 0. The molecule has 30 heavy (non-hydrogen) atoms. The highest BCUT2D eigenvalue weighted by Gasteiger charge is 2.50. The largest absolute Gasteiger partial charge is 0.511 e. The van der Waals surface area contributed by atoms with Crippen LogP contribution in [0.25, 0.3) is 0 Å². The first kappa shape index (κ1) is 25.7. The lowest BCUT2D eigenvalue weighted by Crippen LogP contribution is -2.41. The second kappa shape index (κ2) is 10.6. The molecule has 1 aliphatic carbocycles. The average Bonchev–Trinajstić information content (AvgIpc) is 2.62. The van der Waals surface area contributed by atoms with E-state index in [-0.39, 0.29) is 41.3 Å². The lowest BCUT2D eigenvalue weighted by Gasteiger charge is -2.37. The molecule has 4 nitrogen and oxygen atoms in total. The molecule has 166 valence electrons. The Balaban J connectivity index is 3.79. The molecular weight excluding hydrogens is 376 g/mol. The van der Waals surface area contributed by atoms with Gasteiger partial charge in [0.05, 0.1) is 5.41 Å². The monoisotopic (exact) mass is 414 g/mol. The summed E-state index contributed by atoms with van der Waals surface area (Å²) >= 11 is 0. The number of aliphatic hydroxyl groups excluding tert-OH is 2. The van der Waals surface area contributed by atoms with E-state index in [2.05, 4.69) is 0 Å². The SMILES string of the molecule is CC(C)=CCC[C@]1(CC=C(C)C)C(=O)C(C(=O)C(C)C)=C(O)C(CC=C(C)C)=C1O. The van der Waals surface area contributed by atoms with Gasteiger partial charge in [-0.1, -0.05) is 48.8 Å². The number of allylic oxidation sites excluding steroid dienone is 9. The highest BCUT2D eigenvalue weighted by molar-refractivity contribution is 6.24. The third kappa shape index (κ3) is 5.84. The maximum atomic E-state index is 13.7. The summed E-state index contributed by atoms with van der Waals surface area (Å²) in [6, 6.07) is 0. The van der Waals surface area contributed by atoms with Crippen LogP contribution >= 0.6 is 0 Å². The quantitative estimate of drug-likeness (QED) is 0.319. The number of ketones is 2. The molecular formula is C26H38O4. The van der Waals surface area contributed by atoms with Gasteiger partial charge in [-0.25, -0.2) is 0 Å². The van der Waals surface area contributed by atoms with Crippen molar-refractivity contribution >= 4 is 11.6 Å². The number of hydrogen-bond donors (Lipinski definition) is 2. The molecule has 0 fully saturated rings. The smallest absolute Gasteiger partial charge is 0.184 e. The molecule has 0 amide bonds. The van der Waals surface area contributed by atoms with Gasteiger partial charge in [0.25, 0.3) is 0 Å². The lowest BCUT2D eigenvalue weighted by molar-refractivity contribution is -0.129. The molecule has 0 heterocycles. The number of carbonyl (C=O) groups is 2. The molecule has 0 radical (unpaired) electrons. The topological polar surface area (TPSA) is 74.6 Å². The molecule has 4 heteroatoms. The number of carbonyl (C=O) groups excluding carboxylic acids is 2. The van der Waals surface area contributed by atoms with Gasteiger partial charge in [-0.15, -0.1) is 0 Å². The molecule has 0 aromatic heterocycles. The molecule has 1 atom stereocenters. The Morgan fingerprint density at radius 1 is 0.933 bits per heavy atom. The van der Waals surface area contributed by atoms with Crippen LogP contribution in [0.1, 0.15) is 81.1 Å². The van der Waals surface area contributed by atoms with E-state index in [4.69, 9.17) is 0 Å². The maximum Gasteiger partial charge on any atom is 0.184 e. The molecule has 1 aliphatic rings. The van der Waals surface area contributed by atoms with Gasteiger partial charge in [-0.2, -0.15) is 0 Å². The van der Waals surface area contributed by atoms with E-state index in [1.165, 1.54) is 0 Å². The van der Waals surface area contributed by atoms with Crippen LogP contribution in [0.4, 0.5) is 0 Å². The fourth-order valence-electron chi connectivity index (χ4n) is 3.53. The van der Waals surface area contributed by atoms with E-state index in [1.807, 2.05) is 59.8 Å². The molecule has 0 saturated carbocycles. The minimum atomic E-state index is -1.25. The fraction of sp³-hybridized carbons (Fsp3) is 0.538. The van der Waals surface area contributed by atoms with Crippen molar-refractivity contribution in [2.45, 2.75) is 81.1 Å². The summed E-state index contributed by atoms with van der Waals surface area (Å²) in [5.74, 6) is -1.78. The fourth-order valence-corrected chi connectivity index (χ4v) is 3.53. The van der Waals surface area contributed by atoms with E-state index >= 15 is 0 Å². The normalized spacial score (nSPS) is 19.2. The van der Waals surface area contributed by atoms with Crippen LogP contribution in [0.2, 0.25) is 0 Å². The summed E-state index contributed by atoms with van der Waals surface area (Å²) in [5, 5.41) is 22.2. The third-order valence-electron chi connectivity index (χ3n) is 5.39. The predicted molar refractivity (Wildman–Crippen MR) is 123 cm³/mol. The second-order valence-electron chi connectivity index (χ2n) is 9.27. The van der Waals surface area contributed by atoms with E-state index in [1.54, 1.807) is 13.8 Å². The first-order chi connectivity index (χ1) is 13.8. The zero-order valence-electron chi connectivity index (χ0n) is 19.8. The summed E-state index contributed by atoms with van der Waals surface area (Å²) in [5.41, 5.74) is 2.04. The Hall–Kier alpha value is -2.36. The minimum Gasteiger partial charge on any atom is -0.511 e. The van der Waals surface area contributed by atoms with Crippen molar-refractivity contribution < 1.29 is 19.8 Å². The van der Waals surface area contributed by atoms with Crippen molar-refractivity contribution in [1.29, 1.82) is 0 Å². The van der Waals surface area contributed by atoms with Crippen molar-refractivity contribution in [2.24, 2.45) is 11.3 Å². The van der Waals surface area contributed by atoms with Crippen molar-refractivity contribution in [2.75, 3.05) is 0 Å². The highest BCUT2D eigenvalue weighted by Crippen LogP contribution is 2.47. The number of Topliss-reactive ketones (excluding diaryl/α,β-unsaturated/α-hetero) is 2. The molecule has 2 N–H and O–H groups in total. The van der Waals surface area contributed by atoms with Gasteiger partial charge >= 0.3 is 0 Å². The molecule has 0 saturated heterocycles. The van der Waals surface area contributed by atoms with Gasteiger partial charge in [0.2, 0.25) is 0 Å². The second-order valence-corrected chi connectivity index (χ2v) is 9.27. The lowest BCUT2D eigenvalue weighted by atomic mass is 9.66. The van der Waals surface area contributed by atoms with Crippen LogP contribution in [-0.4, -0.2) is 21.8 Å². The van der Waals surface area contributed by atoms with Gasteiger partial charge in [0.15, 0.2) is 11.6 Å². The van der Waals surface area contributed by atoms with Crippen LogP contribution < -0.4 is 0 Å². The Bertz CT molecular complexity index is 834. The molecule has 1 rings (SSSR count). The number of aliphatic hydroxyl groups is 2. The van der Waals surface area contributed by atoms with Crippen molar-refractivity contribution in [3.05, 3.63) is 57.6 Å². The van der Waals surface area contributed by atoms with Crippen LogP contribution in [0.5, 0.6) is 0 Å². The van der Waals surface area contributed by atoms with Gasteiger partial charge in [-0.05, 0) is 67.2 Å². The average molecular weight is 415 g/mol. The van der Waals surface area contributed by atoms with Crippen LogP contribution in [0, 0.1) is 11.3 Å². The van der Waals surface area contributed by atoms with Crippen molar-refractivity contribution in [3.63, 3.8) is 0 Å². The maximum absolute atomic E-state index is 13.7. The number of rotatable bonds is 9. The van der Waals surface area contributed by atoms with Crippen molar-refractivity contribution in [3.8, 4) is 0 Å². The zero-order valence-corrected chi connectivity index (χ0v) is 19.8. The standard InChI is InChI=1S/C26H38O4/c1-16(2)10-9-14-26(15-13-18(5)6)24(29)20(12-11-17(3)4)23(28)21(25(26)30)22(27)19(7)8/h10-11,13,19,28-29H,9,12,14-15H2,1-8H3/t26-/m1/s1. The predicted octanol–water partition coefficient (Wildman–Crippen LogP) is 6.86. The number of hydrogen-bond acceptors (Lipinski definition) is 4. The van der Waals surface area contributed by atoms with Gasteiger partial charge < -0.3 is 10.2 Å². The van der Waals surface area contributed by atoms with Gasteiger partial charge in [0, 0.05) is 11.5 Å². The van der Waals surface area contributed by atoms with Crippen LogP contribution in [-0.2, 0) is 9.59 Å². The van der Waals surface area contributed by atoms with Crippen molar-refractivity contribution in [1.82, 2.24) is 0 Å². The van der Waals surface area contributed by atoms with Crippen LogP contribution in [0.15, 0.2) is 57.6 Å². The molecule has 0 spiro atoms. The third-order valence-corrected chi connectivity index (χ3v) is 5.39. The molecule has 0 aromatic rings. The summed E-state index contributed by atoms with van der Waals surface area (Å²) in [7, 11) is 0. The first-order valence-corrected chi connectivity index (χ1v) is 10.7. The van der Waals surface area contributed by atoms with E-state index in [0.717, 1.165) is 16.7 Å². The summed E-state index contributed by atoms with van der Waals surface area (Å²) in [6.45, 7) is 15.1. The molecule has 0 bridgehead atoms. The van der Waals surface area contributed by atoms with E-state index < -0.39 is 17.1 Å². The van der Waals surface area contributed by atoms with E-state index in [0.29, 0.717) is 12.8 Å². The molecule has 0 unspecified atom stereocenters. The highest BCUT2D eigenvalue weighted by atomic mass is 16.3. The van der Waals surface area contributed by atoms with Gasteiger partial charge in [-0.3, -0.25) is 9.59 Å². The van der Waals surface area contributed by atoms with E-state index in [9.17, 15) is 19.8 Å². The Morgan fingerprint density at radius 3 is 1.93 bits per heavy atom. The summed E-state index contributed by atoms with van der Waals surface area (Å²) in [6.07, 6.45) is 7.36. The molecule has 0 aromatic carbocycles. The Kier molecular flexibility index (Phi) is 9.08. The minimum absolute atomic E-state index is 0.109. The van der Waals surface area contributed by atoms with Crippen LogP contribution in [0.3, 0.4) is 0 Å². The zero-order chi connectivity index (χ0) is 23.2. The summed E-state index contributed by atoms with van der Waals surface area (Å²) in [4.78, 5) is 26.6. The first-order valence-electron chi connectivity index (χ1n) is 10.7. The Morgan fingerprint density at radius 2 is 1.47 bits per heavy atom.